The first-order valence-electron chi connectivity index (χ1n) is 10.9. The molecule has 0 aliphatic carbocycles. The number of para-hydroxylation sites is 1. The van der Waals surface area contributed by atoms with Crippen LogP contribution in [-0.4, -0.2) is 61.6 Å². The van der Waals surface area contributed by atoms with Gasteiger partial charge in [-0.25, -0.2) is 0 Å². The van der Waals surface area contributed by atoms with Gasteiger partial charge in [0.1, 0.15) is 30.8 Å². The fourth-order valence-electron chi connectivity index (χ4n) is 3.34. The lowest BCUT2D eigenvalue weighted by atomic mass is 10.1. The first kappa shape index (κ1) is 23.8. The summed E-state index contributed by atoms with van der Waals surface area (Å²) in [5.41, 5.74) is 0.822. The van der Waals surface area contributed by atoms with Gasteiger partial charge >= 0.3 is 5.97 Å². The maximum absolute atomic E-state index is 12.8. The van der Waals surface area contributed by atoms with Gasteiger partial charge in [-0.15, -0.1) is 0 Å². The zero-order valence-electron chi connectivity index (χ0n) is 18.6. The topological polar surface area (TPSA) is 94.2 Å². The van der Waals surface area contributed by atoms with Crippen LogP contribution >= 0.6 is 0 Å². The molecule has 0 spiro atoms. The van der Waals surface area contributed by atoms with Crippen molar-refractivity contribution in [1.82, 2.24) is 10.2 Å². The van der Waals surface area contributed by atoms with Gasteiger partial charge in [-0.3, -0.25) is 14.4 Å². The van der Waals surface area contributed by atoms with Crippen molar-refractivity contribution in [3.63, 3.8) is 0 Å². The summed E-state index contributed by atoms with van der Waals surface area (Å²) in [6.07, 6.45) is 2.85. The van der Waals surface area contributed by atoms with Crippen LogP contribution in [0.2, 0.25) is 0 Å². The minimum Gasteiger partial charge on any atom is -0.494 e. The average Bonchev–Trinajstić information content (AvgIpc) is 2.83. The Labute approximate surface area is 193 Å². The second-order valence-corrected chi connectivity index (χ2v) is 7.26. The van der Waals surface area contributed by atoms with E-state index in [9.17, 15) is 14.4 Å². The fourth-order valence-corrected chi connectivity index (χ4v) is 3.34. The van der Waals surface area contributed by atoms with E-state index in [2.05, 4.69) is 5.32 Å². The molecule has 2 aromatic rings. The quantitative estimate of drug-likeness (QED) is 0.338. The molecule has 0 aromatic heterocycles. The van der Waals surface area contributed by atoms with Crippen LogP contribution in [0.1, 0.15) is 18.9 Å². The van der Waals surface area contributed by atoms with Gasteiger partial charge in [0, 0.05) is 19.2 Å². The van der Waals surface area contributed by atoms with E-state index in [0.717, 1.165) is 11.3 Å². The van der Waals surface area contributed by atoms with Crippen LogP contribution in [0.4, 0.5) is 0 Å². The number of benzene rings is 2. The van der Waals surface area contributed by atoms with E-state index in [0.29, 0.717) is 25.4 Å². The molecule has 33 heavy (non-hydrogen) atoms. The zero-order chi connectivity index (χ0) is 23.5. The summed E-state index contributed by atoms with van der Waals surface area (Å²) in [5.74, 6) is 0.144. The largest absolute Gasteiger partial charge is 0.494 e. The normalized spacial score (nSPS) is 15.7. The average molecular weight is 453 g/mol. The van der Waals surface area contributed by atoms with Gasteiger partial charge in [0.25, 0.3) is 0 Å². The minimum atomic E-state index is -0.918. The lowest BCUT2D eigenvalue weighted by molar-refractivity contribution is -0.151. The lowest BCUT2D eigenvalue weighted by Crippen LogP contribution is -2.57. The molecule has 1 unspecified atom stereocenters. The van der Waals surface area contributed by atoms with E-state index in [4.69, 9.17) is 14.2 Å². The molecule has 8 nitrogen and oxygen atoms in total. The van der Waals surface area contributed by atoms with Crippen molar-refractivity contribution in [1.29, 1.82) is 0 Å². The highest BCUT2D eigenvalue weighted by Crippen LogP contribution is 2.15. The highest BCUT2D eigenvalue weighted by atomic mass is 16.6. The summed E-state index contributed by atoms with van der Waals surface area (Å²) < 4.78 is 16.1. The van der Waals surface area contributed by atoms with Crippen molar-refractivity contribution in [3.05, 3.63) is 66.2 Å². The molecule has 0 saturated carbocycles. The first-order chi connectivity index (χ1) is 16.1. The van der Waals surface area contributed by atoms with Gasteiger partial charge in [0.05, 0.1) is 13.0 Å². The van der Waals surface area contributed by atoms with Crippen LogP contribution in [0.5, 0.6) is 11.5 Å². The molecular weight excluding hydrogens is 424 g/mol. The van der Waals surface area contributed by atoms with Crippen LogP contribution in [0, 0.1) is 0 Å². The standard InChI is InChI=1S/C25H28N2O6/c1-2-31-21-11-8-19(9-12-21)10-13-23(28)27-15-14-26-25(30)22(27)18-24(29)33-17-16-32-20-6-4-3-5-7-20/h3-13,22H,2,14-18H2,1H3,(H,26,30)/b13-10+. The Bertz CT molecular complexity index is 959. The van der Waals surface area contributed by atoms with Crippen LogP contribution < -0.4 is 14.8 Å². The molecule has 0 bridgehead atoms. The molecule has 1 fully saturated rings. The SMILES string of the molecule is CCOc1ccc(/C=C/C(=O)N2CCNC(=O)C2CC(=O)OCCOc2ccccc2)cc1. The van der Waals surface area contributed by atoms with Gasteiger partial charge < -0.3 is 24.4 Å². The predicted molar refractivity (Wildman–Crippen MR) is 123 cm³/mol. The number of esters is 1. The number of ether oxygens (including phenoxy) is 3. The molecular formula is C25H28N2O6. The van der Waals surface area contributed by atoms with Gasteiger partial charge in [0.2, 0.25) is 11.8 Å². The summed E-state index contributed by atoms with van der Waals surface area (Å²) in [7, 11) is 0. The Morgan fingerprint density at radius 3 is 2.48 bits per heavy atom. The summed E-state index contributed by atoms with van der Waals surface area (Å²) in [6, 6.07) is 15.6. The van der Waals surface area contributed by atoms with Crippen LogP contribution in [0.15, 0.2) is 60.7 Å². The maximum Gasteiger partial charge on any atom is 0.308 e. The Balaban J connectivity index is 1.51. The van der Waals surface area contributed by atoms with E-state index in [1.807, 2.05) is 49.4 Å². The van der Waals surface area contributed by atoms with E-state index in [-0.39, 0.29) is 31.4 Å². The highest BCUT2D eigenvalue weighted by molar-refractivity contribution is 5.97. The Hall–Kier alpha value is -3.81. The van der Waals surface area contributed by atoms with Crippen LogP contribution in [0.25, 0.3) is 6.08 Å². The van der Waals surface area contributed by atoms with Crippen molar-refractivity contribution in [2.45, 2.75) is 19.4 Å². The van der Waals surface area contributed by atoms with Gasteiger partial charge in [-0.2, -0.15) is 0 Å². The number of hydrogen-bond donors (Lipinski definition) is 1. The third-order valence-corrected chi connectivity index (χ3v) is 4.94. The van der Waals surface area contributed by atoms with Gasteiger partial charge in [-0.1, -0.05) is 30.3 Å². The summed E-state index contributed by atoms with van der Waals surface area (Å²) >= 11 is 0. The fraction of sp³-hybridized carbons (Fsp3) is 0.320. The molecule has 174 valence electrons. The van der Waals surface area contributed by atoms with E-state index >= 15 is 0 Å². The van der Waals surface area contributed by atoms with Crippen LogP contribution in [-0.2, 0) is 19.1 Å². The summed E-state index contributed by atoms with van der Waals surface area (Å²) in [5, 5.41) is 2.70. The second-order valence-electron chi connectivity index (χ2n) is 7.26. The molecule has 1 atom stereocenters. The Morgan fingerprint density at radius 1 is 1.03 bits per heavy atom. The van der Waals surface area contributed by atoms with Crippen molar-refractivity contribution < 1.29 is 28.6 Å². The number of amides is 2. The van der Waals surface area contributed by atoms with Crippen molar-refractivity contribution in [2.75, 3.05) is 32.9 Å². The Kier molecular flexibility index (Phi) is 8.88. The molecule has 0 radical (unpaired) electrons. The molecule has 1 heterocycles. The monoisotopic (exact) mass is 452 g/mol. The number of carbonyl (C=O) groups excluding carboxylic acids is 3. The minimum absolute atomic E-state index is 0.0493. The lowest BCUT2D eigenvalue weighted by Gasteiger charge is -2.33. The van der Waals surface area contributed by atoms with E-state index in [1.54, 1.807) is 18.2 Å². The molecule has 1 aliphatic heterocycles. The number of nitrogens with zero attached hydrogens (tertiary/aromatic N) is 1. The summed E-state index contributed by atoms with van der Waals surface area (Å²) in [4.78, 5) is 38.8. The molecule has 2 amide bonds. The third-order valence-electron chi connectivity index (χ3n) is 4.94. The van der Waals surface area contributed by atoms with E-state index in [1.165, 1.54) is 11.0 Å². The number of nitrogens with one attached hydrogen (secondary N) is 1. The van der Waals surface area contributed by atoms with Crippen molar-refractivity contribution in [2.24, 2.45) is 0 Å². The molecule has 2 aromatic carbocycles. The highest BCUT2D eigenvalue weighted by Gasteiger charge is 2.34. The van der Waals surface area contributed by atoms with Crippen LogP contribution in [0.3, 0.4) is 0 Å². The second kappa shape index (κ2) is 12.3. The van der Waals surface area contributed by atoms with Crippen molar-refractivity contribution >= 4 is 23.9 Å². The molecule has 1 N–H and O–H groups in total. The molecule has 3 rings (SSSR count). The zero-order valence-corrected chi connectivity index (χ0v) is 18.6. The summed E-state index contributed by atoms with van der Waals surface area (Å²) in [6.45, 7) is 3.37. The number of hydrogen-bond acceptors (Lipinski definition) is 6. The van der Waals surface area contributed by atoms with Gasteiger partial charge in [0.15, 0.2) is 0 Å². The molecule has 8 heteroatoms. The first-order valence-corrected chi connectivity index (χ1v) is 10.9. The number of carbonyl (C=O) groups is 3. The molecule has 1 aliphatic rings. The van der Waals surface area contributed by atoms with E-state index < -0.39 is 12.0 Å². The third kappa shape index (κ3) is 7.38. The smallest absolute Gasteiger partial charge is 0.308 e. The molecule has 1 saturated heterocycles. The number of piperazine rings is 1. The predicted octanol–water partition coefficient (Wildman–Crippen LogP) is 2.44. The van der Waals surface area contributed by atoms with Gasteiger partial charge in [-0.05, 0) is 42.8 Å². The maximum atomic E-state index is 12.8. The Morgan fingerprint density at radius 2 is 1.76 bits per heavy atom. The number of rotatable bonds is 10. The van der Waals surface area contributed by atoms with Crippen molar-refractivity contribution in [3.8, 4) is 11.5 Å².